The average Bonchev–Trinajstić information content (AvgIpc) is 2.66. The summed E-state index contributed by atoms with van der Waals surface area (Å²) in [6.07, 6.45) is 3.52. The zero-order chi connectivity index (χ0) is 21.0. The van der Waals surface area contributed by atoms with Crippen molar-refractivity contribution in [2.24, 2.45) is 0 Å². The highest BCUT2D eigenvalue weighted by Gasteiger charge is 2.14. The maximum Gasteiger partial charge on any atom is 0.228 e. The number of hydrogen-bond donors (Lipinski definition) is 1. The van der Waals surface area contributed by atoms with E-state index in [1.165, 1.54) is 0 Å². The van der Waals surface area contributed by atoms with Crippen LogP contribution in [0.1, 0.15) is 30.9 Å². The zero-order valence-electron chi connectivity index (χ0n) is 15.9. The zero-order valence-corrected chi connectivity index (χ0v) is 19.0. The first-order chi connectivity index (χ1) is 13.8. The molecule has 3 aromatic rings. The molecule has 0 aliphatic carbocycles. The van der Waals surface area contributed by atoms with E-state index in [9.17, 15) is 4.79 Å². The van der Waals surface area contributed by atoms with Crippen molar-refractivity contribution in [3.8, 4) is 11.5 Å². The van der Waals surface area contributed by atoms with Gasteiger partial charge in [0.2, 0.25) is 5.91 Å². The summed E-state index contributed by atoms with van der Waals surface area (Å²) in [5, 5.41) is 3.41. The number of pyridine rings is 1. The van der Waals surface area contributed by atoms with Gasteiger partial charge in [-0.15, -0.1) is 0 Å². The molecule has 0 radical (unpaired) electrons. The van der Waals surface area contributed by atoms with E-state index in [-0.39, 0.29) is 12.3 Å². The van der Waals surface area contributed by atoms with Crippen LogP contribution in [-0.2, 0) is 11.2 Å². The Kier molecular flexibility index (Phi) is 7.17. The van der Waals surface area contributed by atoms with Gasteiger partial charge in [0.1, 0.15) is 5.75 Å². The van der Waals surface area contributed by atoms with Crippen molar-refractivity contribution in [3.63, 3.8) is 0 Å². The molecular weight excluding hydrogens is 475 g/mol. The predicted molar refractivity (Wildman–Crippen MR) is 121 cm³/mol. The molecule has 150 valence electrons. The predicted octanol–water partition coefficient (Wildman–Crippen LogP) is 7.25. The van der Waals surface area contributed by atoms with E-state index in [0.29, 0.717) is 33.1 Å². The molecule has 0 aliphatic heterocycles. The first-order valence-corrected chi connectivity index (χ1v) is 10.5. The fraction of sp³-hybridized carbons (Fsp3) is 0.182. The molecule has 0 aliphatic rings. The van der Waals surface area contributed by atoms with Crippen LogP contribution in [-0.4, -0.2) is 10.9 Å². The third-order valence-corrected chi connectivity index (χ3v) is 5.46. The highest BCUT2D eigenvalue weighted by atomic mass is 79.9. The largest absolute Gasteiger partial charge is 0.454 e. The first kappa shape index (κ1) is 21.6. The second-order valence-corrected chi connectivity index (χ2v) is 8.46. The number of carbonyl (C=O) groups excluding carboxylic acids is 1. The summed E-state index contributed by atoms with van der Waals surface area (Å²) in [5.74, 6) is 1.12. The fourth-order valence-corrected chi connectivity index (χ4v) is 4.04. The molecule has 0 unspecified atom stereocenters. The molecule has 1 aromatic heterocycles. The van der Waals surface area contributed by atoms with E-state index in [1.54, 1.807) is 30.6 Å². The molecule has 1 heterocycles. The molecule has 0 spiro atoms. The monoisotopic (exact) mass is 492 g/mol. The number of halogens is 3. The topological polar surface area (TPSA) is 51.2 Å². The summed E-state index contributed by atoms with van der Waals surface area (Å²) in [6.45, 7) is 4.21. The average molecular weight is 494 g/mol. The van der Waals surface area contributed by atoms with Crippen molar-refractivity contribution in [3.05, 3.63) is 80.5 Å². The Morgan fingerprint density at radius 2 is 1.90 bits per heavy atom. The van der Waals surface area contributed by atoms with Gasteiger partial charge in [-0.3, -0.25) is 9.78 Å². The van der Waals surface area contributed by atoms with Crippen molar-refractivity contribution >= 4 is 50.7 Å². The molecule has 29 heavy (non-hydrogen) atoms. The van der Waals surface area contributed by atoms with E-state index in [2.05, 4.69) is 40.1 Å². The van der Waals surface area contributed by atoms with Crippen molar-refractivity contribution in [2.45, 2.75) is 26.2 Å². The van der Waals surface area contributed by atoms with E-state index in [1.807, 2.05) is 24.3 Å². The first-order valence-electron chi connectivity index (χ1n) is 8.98. The Labute approximate surface area is 188 Å². The van der Waals surface area contributed by atoms with E-state index >= 15 is 0 Å². The molecule has 4 nitrogen and oxygen atoms in total. The highest BCUT2D eigenvalue weighted by molar-refractivity contribution is 9.10. The van der Waals surface area contributed by atoms with Gasteiger partial charge in [0.15, 0.2) is 5.75 Å². The molecule has 0 bridgehead atoms. The van der Waals surface area contributed by atoms with Crippen LogP contribution in [0.3, 0.4) is 0 Å². The van der Waals surface area contributed by atoms with Crippen LogP contribution in [0.4, 0.5) is 5.69 Å². The van der Waals surface area contributed by atoms with Crippen LogP contribution in [0.25, 0.3) is 0 Å². The second kappa shape index (κ2) is 9.61. The molecule has 2 aromatic carbocycles. The lowest BCUT2D eigenvalue weighted by Crippen LogP contribution is -2.14. The number of nitrogens with one attached hydrogen (secondary N) is 1. The summed E-state index contributed by atoms with van der Waals surface area (Å²) >= 11 is 16.3. The lowest BCUT2D eigenvalue weighted by molar-refractivity contribution is -0.115. The SMILES string of the molecule is CC(C)c1cc(Oc2c(Cl)cc(NC(=O)Cc3cccnc3)cc2Cl)ccc1Br. The van der Waals surface area contributed by atoms with E-state index < -0.39 is 0 Å². The molecule has 0 saturated heterocycles. The number of aromatic nitrogens is 1. The van der Waals surface area contributed by atoms with Gasteiger partial charge < -0.3 is 10.1 Å². The van der Waals surface area contributed by atoms with Crippen molar-refractivity contribution in [2.75, 3.05) is 5.32 Å². The number of rotatable bonds is 6. The molecule has 1 N–H and O–H groups in total. The number of amides is 1. The van der Waals surface area contributed by atoms with E-state index in [0.717, 1.165) is 15.6 Å². The number of ether oxygens (including phenoxy) is 1. The van der Waals surface area contributed by atoms with Gasteiger partial charge in [0.25, 0.3) is 0 Å². The normalized spacial score (nSPS) is 10.8. The second-order valence-electron chi connectivity index (χ2n) is 6.80. The summed E-state index contributed by atoms with van der Waals surface area (Å²) < 4.78 is 6.95. The molecule has 0 fully saturated rings. The summed E-state index contributed by atoms with van der Waals surface area (Å²) in [5.41, 5.74) is 2.44. The Balaban J connectivity index is 1.76. The van der Waals surface area contributed by atoms with Crippen LogP contribution in [0, 0.1) is 0 Å². The Hall–Kier alpha value is -2.08. The minimum atomic E-state index is -0.187. The Bertz CT molecular complexity index is 1000. The van der Waals surface area contributed by atoms with Gasteiger partial charge >= 0.3 is 0 Å². The van der Waals surface area contributed by atoms with E-state index in [4.69, 9.17) is 27.9 Å². The molecule has 1 amide bonds. The van der Waals surface area contributed by atoms with Crippen LogP contribution < -0.4 is 10.1 Å². The smallest absolute Gasteiger partial charge is 0.228 e. The molecule has 7 heteroatoms. The van der Waals surface area contributed by atoms with Gasteiger partial charge in [0, 0.05) is 22.6 Å². The third-order valence-electron chi connectivity index (χ3n) is 4.18. The summed E-state index contributed by atoms with van der Waals surface area (Å²) in [4.78, 5) is 16.3. The van der Waals surface area contributed by atoms with Crippen LogP contribution >= 0.6 is 39.1 Å². The lowest BCUT2D eigenvalue weighted by atomic mass is 10.0. The van der Waals surface area contributed by atoms with Gasteiger partial charge in [-0.2, -0.15) is 0 Å². The number of hydrogen-bond acceptors (Lipinski definition) is 3. The van der Waals surface area contributed by atoms with Crippen molar-refractivity contribution in [1.82, 2.24) is 4.98 Å². The highest BCUT2D eigenvalue weighted by Crippen LogP contribution is 2.40. The van der Waals surface area contributed by atoms with Gasteiger partial charge in [-0.1, -0.05) is 59.0 Å². The standard InChI is InChI=1S/C22H19BrCl2N2O2/c1-13(2)17-11-16(5-6-18(17)23)29-22-19(24)9-15(10-20(22)25)27-21(28)8-14-4-3-7-26-12-14/h3-7,9-13H,8H2,1-2H3,(H,27,28). The molecule has 3 rings (SSSR count). The maximum atomic E-state index is 12.3. The minimum absolute atomic E-state index is 0.187. The number of nitrogens with zero attached hydrogens (tertiary/aromatic N) is 1. The minimum Gasteiger partial charge on any atom is -0.454 e. The third kappa shape index (κ3) is 5.72. The van der Waals surface area contributed by atoms with Crippen molar-refractivity contribution < 1.29 is 9.53 Å². The van der Waals surface area contributed by atoms with Crippen molar-refractivity contribution in [1.29, 1.82) is 0 Å². The molecule has 0 saturated carbocycles. The van der Waals surface area contributed by atoms with Crippen LogP contribution in [0.2, 0.25) is 10.0 Å². The van der Waals surface area contributed by atoms with Gasteiger partial charge in [-0.05, 0) is 53.4 Å². The number of benzene rings is 2. The van der Waals surface area contributed by atoms with Gasteiger partial charge in [0.05, 0.1) is 16.5 Å². The lowest BCUT2D eigenvalue weighted by Gasteiger charge is -2.15. The molecular formula is C22H19BrCl2N2O2. The van der Waals surface area contributed by atoms with Crippen LogP contribution in [0.15, 0.2) is 59.3 Å². The quantitative estimate of drug-likeness (QED) is 0.393. The van der Waals surface area contributed by atoms with Gasteiger partial charge in [-0.25, -0.2) is 0 Å². The maximum absolute atomic E-state index is 12.3. The Morgan fingerprint density at radius 3 is 2.52 bits per heavy atom. The number of carbonyl (C=O) groups is 1. The van der Waals surface area contributed by atoms with Crippen LogP contribution in [0.5, 0.6) is 11.5 Å². The molecule has 0 atom stereocenters. The number of anilines is 1. The summed E-state index contributed by atoms with van der Waals surface area (Å²) in [6, 6.07) is 12.6. The Morgan fingerprint density at radius 1 is 1.17 bits per heavy atom. The fourth-order valence-electron chi connectivity index (χ4n) is 2.77. The summed E-state index contributed by atoms with van der Waals surface area (Å²) in [7, 11) is 0.